The van der Waals surface area contributed by atoms with Gasteiger partial charge in [0.15, 0.2) is 5.13 Å². The van der Waals surface area contributed by atoms with Gasteiger partial charge >= 0.3 is 5.97 Å². The van der Waals surface area contributed by atoms with Gasteiger partial charge in [-0.3, -0.25) is 0 Å². The number of carboxylic acid groups (broad SMARTS) is 1. The van der Waals surface area contributed by atoms with Gasteiger partial charge in [-0.05, 0) is 34.5 Å². The topological polar surface area (TPSA) is 62.2 Å². The lowest BCUT2D eigenvalue weighted by atomic mass is 10.2. The summed E-state index contributed by atoms with van der Waals surface area (Å²) in [6.07, 6.45) is 1.55. The Morgan fingerprint density at radius 1 is 1.47 bits per heavy atom. The number of aromatic nitrogens is 1. The average molecular weight is 341 g/mol. The molecule has 0 bridgehead atoms. The smallest absolute Gasteiger partial charge is 0.347 e. The molecule has 2 rings (SSSR count). The number of nitrogens with one attached hydrogen (secondary N) is 1. The van der Waals surface area contributed by atoms with Crippen molar-refractivity contribution in [2.75, 3.05) is 5.32 Å². The highest BCUT2D eigenvalue weighted by Crippen LogP contribution is 2.30. The Morgan fingerprint density at radius 3 is 2.84 bits per heavy atom. The first-order chi connectivity index (χ1) is 9.11. The van der Waals surface area contributed by atoms with Crippen LogP contribution in [-0.2, 0) is 6.42 Å². The standard InChI is InChI=1S/C13H13BrN2O2S/c1-2-5-10-11(12(17)18)19-13(16-10)15-9-7-4-3-6-8(9)14/h3-4,6-7H,2,5H2,1H3,(H,15,16)(H,17,18). The van der Waals surface area contributed by atoms with Crippen molar-refractivity contribution in [3.05, 3.63) is 39.3 Å². The lowest BCUT2D eigenvalue weighted by molar-refractivity contribution is 0.0700. The lowest BCUT2D eigenvalue weighted by Gasteiger charge is -2.04. The molecule has 0 radical (unpaired) electrons. The van der Waals surface area contributed by atoms with Crippen LogP contribution in [0.15, 0.2) is 28.7 Å². The van der Waals surface area contributed by atoms with Crippen molar-refractivity contribution in [2.45, 2.75) is 19.8 Å². The Labute approximate surface area is 123 Å². The maximum absolute atomic E-state index is 11.2. The highest BCUT2D eigenvalue weighted by atomic mass is 79.9. The van der Waals surface area contributed by atoms with Gasteiger partial charge in [-0.2, -0.15) is 0 Å². The van der Waals surface area contributed by atoms with Crippen LogP contribution in [0.2, 0.25) is 0 Å². The fraction of sp³-hybridized carbons (Fsp3) is 0.231. The van der Waals surface area contributed by atoms with Crippen molar-refractivity contribution in [3.63, 3.8) is 0 Å². The summed E-state index contributed by atoms with van der Waals surface area (Å²) in [5.74, 6) is -0.916. The molecular weight excluding hydrogens is 328 g/mol. The number of carbonyl (C=O) groups is 1. The van der Waals surface area contributed by atoms with Crippen molar-refractivity contribution in [1.29, 1.82) is 0 Å². The van der Waals surface area contributed by atoms with E-state index in [1.165, 1.54) is 11.3 Å². The molecule has 0 aliphatic rings. The molecule has 0 aliphatic carbocycles. The third-order valence-electron chi connectivity index (χ3n) is 2.49. The number of hydrogen-bond donors (Lipinski definition) is 2. The molecule has 19 heavy (non-hydrogen) atoms. The number of benzene rings is 1. The molecule has 1 aromatic heterocycles. The van der Waals surface area contributed by atoms with E-state index in [-0.39, 0.29) is 0 Å². The van der Waals surface area contributed by atoms with Crippen LogP contribution in [0.25, 0.3) is 0 Å². The highest BCUT2D eigenvalue weighted by molar-refractivity contribution is 9.10. The van der Waals surface area contributed by atoms with Crippen molar-refractivity contribution in [3.8, 4) is 0 Å². The Hall–Kier alpha value is -1.40. The molecule has 0 aliphatic heterocycles. The molecule has 6 heteroatoms. The summed E-state index contributed by atoms with van der Waals surface area (Å²) in [7, 11) is 0. The molecule has 100 valence electrons. The third-order valence-corrected chi connectivity index (χ3v) is 4.19. The number of aromatic carboxylic acids is 1. The number of thiazole rings is 1. The van der Waals surface area contributed by atoms with Gasteiger partial charge in [0.2, 0.25) is 0 Å². The maximum Gasteiger partial charge on any atom is 0.347 e. The Bertz CT molecular complexity index is 598. The van der Waals surface area contributed by atoms with Crippen molar-refractivity contribution >= 4 is 44.1 Å². The molecule has 1 aromatic carbocycles. The molecule has 0 amide bonds. The summed E-state index contributed by atoms with van der Waals surface area (Å²) in [5.41, 5.74) is 1.52. The van der Waals surface area contributed by atoms with Crippen LogP contribution in [0.4, 0.5) is 10.8 Å². The summed E-state index contributed by atoms with van der Waals surface area (Å²) in [4.78, 5) is 15.8. The fourth-order valence-electron chi connectivity index (χ4n) is 1.66. The minimum Gasteiger partial charge on any atom is -0.477 e. The Morgan fingerprint density at radius 2 is 2.21 bits per heavy atom. The van der Waals surface area contributed by atoms with E-state index >= 15 is 0 Å². The predicted molar refractivity (Wildman–Crippen MR) is 80.5 cm³/mol. The number of halogens is 1. The van der Waals surface area contributed by atoms with E-state index in [1.807, 2.05) is 31.2 Å². The summed E-state index contributed by atoms with van der Waals surface area (Å²) in [6, 6.07) is 7.65. The summed E-state index contributed by atoms with van der Waals surface area (Å²) in [5, 5.41) is 12.9. The zero-order valence-corrected chi connectivity index (χ0v) is 12.7. The Balaban J connectivity index is 2.29. The second-order valence-corrected chi connectivity index (χ2v) is 5.81. The molecule has 4 nitrogen and oxygen atoms in total. The number of para-hydroxylation sites is 1. The molecule has 0 fully saturated rings. The number of anilines is 2. The van der Waals surface area contributed by atoms with E-state index in [4.69, 9.17) is 5.11 Å². The Kier molecular flexibility index (Phi) is 4.55. The van der Waals surface area contributed by atoms with Gasteiger partial charge in [0, 0.05) is 4.47 Å². The van der Waals surface area contributed by atoms with Gasteiger partial charge in [-0.1, -0.05) is 36.8 Å². The minimum atomic E-state index is -0.916. The summed E-state index contributed by atoms with van der Waals surface area (Å²) >= 11 is 4.61. The van der Waals surface area contributed by atoms with Crippen LogP contribution in [0.5, 0.6) is 0 Å². The van der Waals surface area contributed by atoms with E-state index < -0.39 is 5.97 Å². The molecule has 1 heterocycles. The van der Waals surface area contributed by atoms with Gasteiger partial charge in [0.1, 0.15) is 4.88 Å². The minimum absolute atomic E-state index is 0.316. The molecule has 0 saturated heterocycles. The van der Waals surface area contributed by atoms with Crippen LogP contribution in [0, 0.1) is 0 Å². The fourth-order valence-corrected chi connectivity index (χ4v) is 2.90. The zero-order valence-electron chi connectivity index (χ0n) is 10.3. The van der Waals surface area contributed by atoms with Crippen LogP contribution in [0.1, 0.15) is 28.7 Å². The number of hydrogen-bond acceptors (Lipinski definition) is 4. The lowest BCUT2D eigenvalue weighted by Crippen LogP contribution is -1.98. The van der Waals surface area contributed by atoms with Crippen molar-refractivity contribution in [1.82, 2.24) is 4.98 Å². The predicted octanol–water partition coefficient (Wildman–Crippen LogP) is 4.30. The number of rotatable bonds is 5. The first-order valence-corrected chi connectivity index (χ1v) is 7.47. The van der Waals surface area contributed by atoms with Crippen molar-refractivity contribution in [2.24, 2.45) is 0 Å². The van der Waals surface area contributed by atoms with Gasteiger partial charge in [0.25, 0.3) is 0 Å². The van der Waals surface area contributed by atoms with E-state index in [9.17, 15) is 4.79 Å². The molecule has 0 unspecified atom stereocenters. The van der Waals surface area contributed by atoms with Crippen LogP contribution in [-0.4, -0.2) is 16.1 Å². The van der Waals surface area contributed by atoms with Gasteiger partial charge in [-0.25, -0.2) is 9.78 Å². The molecule has 2 N–H and O–H groups in total. The van der Waals surface area contributed by atoms with Crippen LogP contribution >= 0.6 is 27.3 Å². The van der Waals surface area contributed by atoms with Gasteiger partial charge < -0.3 is 10.4 Å². The van der Waals surface area contributed by atoms with E-state index in [0.29, 0.717) is 22.1 Å². The molecular formula is C13H13BrN2O2S. The van der Waals surface area contributed by atoms with E-state index in [0.717, 1.165) is 16.6 Å². The largest absolute Gasteiger partial charge is 0.477 e. The van der Waals surface area contributed by atoms with Crippen molar-refractivity contribution < 1.29 is 9.90 Å². The zero-order chi connectivity index (χ0) is 13.8. The SMILES string of the molecule is CCCc1nc(Nc2ccccc2Br)sc1C(=O)O. The molecule has 2 aromatic rings. The van der Waals surface area contributed by atoms with Gasteiger partial charge in [0.05, 0.1) is 11.4 Å². The monoisotopic (exact) mass is 340 g/mol. The summed E-state index contributed by atoms with van der Waals surface area (Å²) in [6.45, 7) is 2.01. The first kappa shape index (κ1) is 14.0. The number of aryl methyl sites for hydroxylation is 1. The third kappa shape index (κ3) is 3.33. The highest BCUT2D eigenvalue weighted by Gasteiger charge is 2.16. The first-order valence-electron chi connectivity index (χ1n) is 5.86. The molecule has 0 atom stereocenters. The second kappa shape index (κ2) is 6.16. The summed E-state index contributed by atoms with van der Waals surface area (Å²) < 4.78 is 0.916. The number of nitrogens with zero attached hydrogens (tertiary/aromatic N) is 1. The number of carboxylic acids is 1. The maximum atomic E-state index is 11.2. The average Bonchev–Trinajstić information content (AvgIpc) is 2.76. The quantitative estimate of drug-likeness (QED) is 0.851. The molecule has 0 saturated carbocycles. The molecule has 0 spiro atoms. The van der Waals surface area contributed by atoms with E-state index in [1.54, 1.807) is 0 Å². The van der Waals surface area contributed by atoms with Crippen LogP contribution in [0.3, 0.4) is 0 Å². The second-order valence-electron chi connectivity index (χ2n) is 3.95. The van der Waals surface area contributed by atoms with Crippen LogP contribution < -0.4 is 5.32 Å². The van der Waals surface area contributed by atoms with Gasteiger partial charge in [-0.15, -0.1) is 0 Å². The van der Waals surface area contributed by atoms with E-state index in [2.05, 4.69) is 26.2 Å². The normalized spacial score (nSPS) is 10.4.